The summed E-state index contributed by atoms with van der Waals surface area (Å²) in [5, 5.41) is 0. The van der Waals surface area contributed by atoms with Crippen LogP contribution in [-0.2, 0) is 0 Å². The quantitative estimate of drug-likeness (QED) is 0.773. The van der Waals surface area contributed by atoms with E-state index in [4.69, 9.17) is 11.5 Å². The van der Waals surface area contributed by atoms with E-state index in [0.717, 1.165) is 31.9 Å². The molecule has 5 nitrogen and oxygen atoms in total. The maximum atomic E-state index is 5.74. The first-order valence-corrected chi connectivity index (χ1v) is 5.96. The van der Waals surface area contributed by atoms with Gasteiger partial charge in [-0.05, 0) is 32.6 Å². The first-order valence-electron chi connectivity index (χ1n) is 5.96. The Morgan fingerprint density at radius 2 is 1.82 bits per heavy atom. The SMILES string of the molecule is CCCN(CCN(C)C)c1ccc(N)c(N)n1. The first kappa shape index (κ1) is 13.6. The van der Waals surface area contributed by atoms with Crippen molar-refractivity contribution in [2.45, 2.75) is 13.3 Å². The molecule has 1 aromatic heterocycles. The average Bonchev–Trinajstić information content (AvgIpc) is 2.28. The molecule has 0 aliphatic carbocycles. The molecule has 0 saturated carbocycles. The lowest BCUT2D eigenvalue weighted by atomic mass is 10.3. The number of rotatable bonds is 6. The van der Waals surface area contributed by atoms with Gasteiger partial charge in [-0.15, -0.1) is 0 Å². The number of anilines is 3. The summed E-state index contributed by atoms with van der Waals surface area (Å²) in [5.74, 6) is 1.31. The minimum atomic E-state index is 0.411. The van der Waals surface area contributed by atoms with Crippen molar-refractivity contribution in [3.8, 4) is 0 Å². The van der Waals surface area contributed by atoms with Crippen LogP contribution in [0.15, 0.2) is 12.1 Å². The fourth-order valence-electron chi connectivity index (χ4n) is 1.58. The van der Waals surface area contributed by atoms with Crippen molar-refractivity contribution in [3.05, 3.63) is 12.1 Å². The number of pyridine rings is 1. The largest absolute Gasteiger partial charge is 0.396 e. The minimum Gasteiger partial charge on any atom is -0.396 e. The predicted molar refractivity (Wildman–Crippen MR) is 74.1 cm³/mol. The van der Waals surface area contributed by atoms with Crippen molar-refractivity contribution in [3.63, 3.8) is 0 Å². The van der Waals surface area contributed by atoms with Crippen LogP contribution in [-0.4, -0.2) is 43.6 Å². The molecule has 0 bridgehead atoms. The molecule has 4 N–H and O–H groups in total. The maximum Gasteiger partial charge on any atom is 0.149 e. The van der Waals surface area contributed by atoms with Crippen LogP contribution < -0.4 is 16.4 Å². The van der Waals surface area contributed by atoms with E-state index in [2.05, 4.69) is 35.8 Å². The van der Waals surface area contributed by atoms with Crippen molar-refractivity contribution in [2.75, 3.05) is 50.1 Å². The van der Waals surface area contributed by atoms with Gasteiger partial charge in [0, 0.05) is 19.6 Å². The van der Waals surface area contributed by atoms with Gasteiger partial charge in [0.2, 0.25) is 0 Å². The molecule has 0 saturated heterocycles. The van der Waals surface area contributed by atoms with E-state index < -0.39 is 0 Å². The first-order chi connectivity index (χ1) is 8.04. The number of aromatic nitrogens is 1. The van der Waals surface area contributed by atoms with Crippen molar-refractivity contribution in [2.24, 2.45) is 0 Å². The van der Waals surface area contributed by atoms with Crippen LogP contribution >= 0.6 is 0 Å². The van der Waals surface area contributed by atoms with E-state index in [1.807, 2.05) is 12.1 Å². The summed E-state index contributed by atoms with van der Waals surface area (Å²) in [4.78, 5) is 8.72. The molecule has 1 rings (SSSR count). The van der Waals surface area contributed by atoms with E-state index in [0.29, 0.717) is 11.5 Å². The summed E-state index contributed by atoms with van der Waals surface area (Å²) in [7, 11) is 4.13. The van der Waals surface area contributed by atoms with Crippen LogP contribution in [0.4, 0.5) is 17.3 Å². The maximum absolute atomic E-state index is 5.74. The molecule has 0 amide bonds. The molecule has 0 aliphatic rings. The Morgan fingerprint density at radius 3 is 2.35 bits per heavy atom. The fraction of sp³-hybridized carbons (Fsp3) is 0.583. The van der Waals surface area contributed by atoms with Crippen LogP contribution in [0.3, 0.4) is 0 Å². The normalized spacial score (nSPS) is 10.8. The van der Waals surface area contributed by atoms with Gasteiger partial charge >= 0.3 is 0 Å². The topological polar surface area (TPSA) is 71.4 Å². The van der Waals surface area contributed by atoms with Crippen molar-refractivity contribution >= 4 is 17.3 Å². The third-order valence-electron chi connectivity index (χ3n) is 2.58. The average molecular weight is 237 g/mol. The Kier molecular flexibility index (Phi) is 5.03. The molecule has 96 valence electrons. The van der Waals surface area contributed by atoms with E-state index in [9.17, 15) is 0 Å². The van der Waals surface area contributed by atoms with Gasteiger partial charge in [0.25, 0.3) is 0 Å². The van der Waals surface area contributed by atoms with Gasteiger partial charge in [-0.2, -0.15) is 0 Å². The monoisotopic (exact) mass is 237 g/mol. The molecule has 0 spiro atoms. The van der Waals surface area contributed by atoms with E-state index in [1.165, 1.54) is 0 Å². The molecule has 0 atom stereocenters. The highest BCUT2D eigenvalue weighted by molar-refractivity contribution is 5.62. The summed E-state index contributed by atoms with van der Waals surface area (Å²) in [6, 6.07) is 3.74. The van der Waals surface area contributed by atoms with Gasteiger partial charge in [0.1, 0.15) is 11.6 Å². The van der Waals surface area contributed by atoms with Gasteiger partial charge in [-0.3, -0.25) is 0 Å². The Bertz CT molecular complexity index is 351. The molecule has 1 aromatic rings. The second-order valence-corrected chi connectivity index (χ2v) is 4.43. The van der Waals surface area contributed by atoms with E-state index in [-0.39, 0.29) is 0 Å². The highest BCUT2D eigenvalue weighted by Gasteiger charge is 2.08. The van der Waals surface area contributed by atoms with Crippen molar-refractivity contribution in [1.29, 1.82) is 0 Å². The molecule has 0 radical (unpaired) electrons. The number of nitrogen functional groups attached to an aromatic ring is 2. The number of nitrogens with two attached hydrogens (primary N) is 2. The smallest absolute Gasteiger partial charge is 0.149 e. The number of nitrogens with zero attached hydrogens (tertiary/aromatic N) is 3. The van der Waals surface area contributed by atoms with Gasteiger partial charge in [0.05, 0.1) is 5.69 Å². The Balaban J connectivity index is 2.77. The van der Waals surface area contributed by atoms with Crippen molar-refractivity contribution < 1.29 is 0 Å². The fourth-order valence-corrected chi connectivity index (χ4v) is 1.58. The summed E-state index contributed by atoms with van der Waals surface area (Å²) in [5.41, 5.74) is 11.9. The third-order valence-corrected chi connectivity index (χ3v) is 2.58. The Labute approximate surface area is 103 Å². The van der Waals surface area contributed by atoms with Crippen LogP contribution in [0.5, 0.6) is 0 Å². The zero-order valence-corrected chi connectivity index (χ0v) is 11.0. The Hall–Kier alpha value is -1.49. The third kappa shape index (κ3) is 4.11. The van der Waals surface area contributed by atoms with Crippen molar-refractivity contribution in [1.82, 2.24) is 9.88 Å². The summed E-state index contributed by atoms with van der Waals surface area (Å²) >= 11 is 0. The van der Waals surface area contributed by atoms with Gasteiger partial charge < -0.3 is 21.3 Å². The predicted octanol–water partition coefficient (Wildman–Crippen LogP) is 1.02. The molecular weight excluding hydrogens is 214 g/mol. The number of hydrogen-bond donors (Lipinski definition) is 2. The highest BCUT2D eigenvalue weighted by atomic mass is 15.2. The molecule has 0 unspecified atom stereocenters. The number of likely N-dealkylation sites (N-methyl/N-ethyl adjacent to an activating group) is 1. The van der Waals surface area contributed by atoms with Gasteiger partial charge in [-0.1, -0.05) is 6.92 Å². The van der Waals surface area contributed by atoms with Gasteiger partial charge in [-0.25, -0.2) is 4.98 Å². The molecule has 1 heterocycles. The molecule has 0 aromatic carbocycles. The van der Waals surface area contributed by atoms with Crippen LogP contribution in [0.25, 0.3) is 0 Å². The summed E-state index contributed by atoms with van der Waals surface area (Å²) in [6.07, 6.45) is 1.08. The minimum absolute atomic E-state index is 0.411. The summed E-state index contributed by atoms with van der Waals surface area (Å²) in [6.45, 7) is 5.07. The van der Waals surface area contributed by atoms with Crippen LogP contribution in [0.1, 0.15) is 13.3 Å². The summed E-state index contributed by atoms with van der Waals surface area (Å²) < 4.78 is 0. The molecular formula is C12H23N5. The lowest BCUT2D eigenvalue weighted by molar-refractivity contribution is 0.412. The van der Waals surface area contributed by atoms with Crippen LogP contribution in [0, 0.1) is 0 Å². The molecule has 17 heavy (non-hydrogen) atoms. The Morgan fingerprint density at radius 1 is 1.12 bits per heavy atom. The lowest BCUT2D eigenvalue weighted by Crippen LogP contribution is -2.33. The zero-order chi connectivity index (χ0) is 12.8. The van der Waals surface area contributed by atoms with Crippen LogP contribution in [0.2, 0.25) is 0 Å². The standard InChI is InChI=1S/C12H23N5/c1-4-7-17(9-8-16(2)3)11-6-5-10(13)12(14)15-11/h5-6H,4,7-9,13H2,1-3H3,(H2,14,15). The highest BCUT2D eigenvalue weighted by Crippen LogP contribution is 2.18. The molecule has 0 fully saturated rings. The van der Waals surface area contributed by atoms with Gasteiger partial charge in [0.15, 0.2) is 0 Å². The molecule has 0 aliphatic heterocycles. The zero-order valence-electron chi connectivity index (χ0n) is 11.0. The lowest BCUT2D eigenvalue weighted by Gasteiger charge is -2.25. The number of hydrogen-bond acceptors (Lipinski definition) is 5. The molecule has 5 heteroatoms. The second-order valence-electron chi connectivity index (χ2n) is 4.43. The van der Waals surface area contributed by atoms with E-state index >= 15 is 0 Å². The second kappa shape index (κ2) is 6.30. The van der Waals surface area contributed by atoms with E-state index in [1.54, 1.807) is 0 Å².